The van der Waals surface area contributed by atoms with Crippen LogP contribution in [-0.4, -0.2) is 34.0 Å². The molecule has 38 heavy (non-hydrogen) atoms. The van der Waals surface area contributed by atoms with Crippen molar-refractivity contribution in [3.63, 3.8) is 0 Å². The third kappa shape index (κ3) is 5.98. The van der Waals surface area contributed by atoms with Gasteiger partial charge < -0.3 is 15.3 Å². The Kier molecular flexibility index (Phi) is 8.37. The predicted octanol–water partition coefficient (Wildman–Crippen LogP) is 6.72. The lowest BCUT2D eigenvalue weighted by molar-refractivity contribution is -0.154. The predicted molar refractivity (Wildman–Crippen MR) is 153 cm³/mol. The van der Waals surface area contributed by atoms with Crippen LogP contribution in [-0.2, 0) is 21.5 Å². The van der Waals surface area contributed by atoms with Crippen molar-refractivity contribution in [2.75, 3.05) is 0 Å². The number of likely N-dealkylation sites (tertiary alicyclic amines) is 1. The van der Waals surface area contributed by atoms with Gasteiger partial charge in [-0.2, -0.15) is 0 Å². The molecule has 5 heteroatoms. The molecule has 0 bridgehead atoms. The van der Waals surface area contributed by atoms with Crippen molar-refractivity contribution >= 4 is 11.9 Å². The standard InChI is InChI=1S/C33H46N2O3/c1-32(2,3)25-19-13-14-22(20-25)21-34-27-26(33(4,5)6)29(31(37)38)35(28(27)23-15-9-7-10-16-23)30(36)24-17-11-8-12-18-24/h7,9-10,13-16,19-20,24,26-29,34H,8,11-12,17-18,21H2,1-6H3,(H,37,38)/t26-,27-,28-,29-/m0/s1. The van der Waals surface area contributed by atoms with Crippen molar-refractivity contribution in [2.45, 2.75) is 104 Å². The number of rotatable bonds is 6. The lowest BCUT2D eigenvalue weighted by Crippen LogP contribution is -2.49. The quantitative estimate of drug-likeness (QED) is 0.445. The van der Waals surface area contributed by atoms with E-state index in [-0.39, 0.29) is 40.7 Å². The summed E-state index contributed by atoms with van der Waals surface area (Å²) in [7, 11) is 0. The topological polar surface area (TPSA) is 69.6 Å². The summed E-state index contributed by atoms with van der Waals surface area (Å²) in [6.45, 7) is 13.6. The number of carbonyl (C=O) groups is 2. The second-order valence-corrected chi connectivity index (χ2v) is 13.5. The van der Waals surface area contributed by atoms with Crippen molar-refractivity contribution in [1.82, 2.24) is 10.2 Å². The number of carboxylic acid groups (broad SMARTS) is 1. The first-order chi connectivity index (χ1) is 17.9. The zero-order valence-corrected chi connectivity index (χ0v) is 24.0. The number of amides is 1. The Labute approximate surface area is 229 Å². The second-order valence-electron chi connectivity index (χ2n) is 13.5. The normalized spacial score (nSPS) is 24.9. The third-order valence-electron chi connectivity index (χ3n) is 8.60. The molecule has 4 rings (SSSR count). The fraction of sp³-hybridized carbons (Fsp3) is 0.576. The van der Waals surface area contributed by atoms with Crippen LogP contribution in [0.5, 0.6) is 0 Å². The Morgan fingerprint density at radius 2 is 1.58 bits per heavy atom. The van der Waals surface area contributed by atoms with Gasteiger partial charge in [-0.3, -0.25) is 4.79 Å². The first-order valence-electron chi connectivity index (χ1n) is 14.3. The maximum absolute atomic E-state index is 14.2. The molecule has 2 aromatic rings. The number of hydrogen-bond acceptors (Lipinski definition) is 3. The zero-order chi connectivity index (χ0) is 27.7. The minimum atomic E-state index is -0.908. The number of aliphatic carboxylic acids is 1. The van der Waals surface area contributed by atoms with Crippen LogP contribution in [0.2, 0.25) is 0 Å². The Balaban J connectivity index is 1.77. The van der Waals surface area contributed by atoms with E-state index < -0.39 is 12.0 Å². The van der Waals surface area contributed by atoms with Crippen LogP contribution in [0.3, 0.4) is 0 Å². The summed E-state index contributed by atoms with van der Waals surface area (Å²) < 4.78 is 0. The monoisotopic (exact) mass is 518 g/mol. The molecule has 1 aliphatic carbocycles. The Bertz CT molecular complexity index is 1110. The van der Waals surface area contributed by atoms with Gasteiger partial charge in [0.25, 0.3) is 0 Å². The molecular weight excluding hydrogens is 472 g/mol. The molecule has 206 valence electrons. The molecule has 0 radical (unpaired) electrons. The van der Waals surface area contributed by atoms with E-state index >= 15 is 0 Å². The number of carboxylic acids is 1. The van der Waals surface area contributed by atoms with Crippen molar-refractivity contribution in [2.24, 2.45) is 17.3 Å². The molecule has 1 heterocycles. The summed E-state index contributed by atoms with van der Waals surface area (Å²) >= 11 is 0. The van der Waals surface area contributed by atoms with Gasteiger partial charge in [0.05, 0.1) is 6.04 Å². The Morgan fingerprint density at radius 3 is 2.16 bits per heavy atom. The van der Waals surface area contributed by atoms with E-state index in [1.807, 2.05) is 30.3 Å². The number of carbonyl (C=O) groups excluding carboxylic acids is 1. The van der Waals surface area contributed by atoms with E-state index in [4.69, 9.17) is 0 Å². The number of nitrogens with one attached hydrogen (secondary N) is 1. The van der Waals surface area contributed by atoms with Gasteiger partial charge in [-0.25, -0.2) is 4.79 Å². The molecule has 5 nitrogen and oxygen atoms in total. The summed E-state index contributed by atoms with van der Waals surface area (Å²) in [6, 6.07) is 17.2. The highest BCUT2D eigenvalue weighted by molar-refractivity contribution is 5.87. The molecule has 0 spiro atoms. The van der Waals surface area contributed by atoms with E-state index in [0.717, 1.165) is 37.7 Å². The van der Waals surface area contributed by atoms with Crippen molar-refractivity contribution in [1.29, 1.82) is 0 Å². The summed E-state index contributed by atoms with van der Waals surface area (Å²) in [4.78, 5) is 28.9. The van der Waals surface area contributed by atoms with Gasteiger partial charge in [-0.15, -0.1) is 0 Å². The number of hydrogen-bond donors (Lipinski definition) is 2. The fourth-order valence-corrected chi connectivity index (χ4v) is 6.67. The maximum atomic E-state index is 14.2. The zero-order valence-electron chi connectivity index (χ0n) is 24.0. The van der Waals surface area contributed by atoms with Gasteiger partial charge in [0, 0.05) is 24.4 Å². The first-order valence-corrected chi connectivity index (χ1v) is 14.3. The molecule has 2 N–H and O–H groups in total. The minimum absolute atomic E-state index is 0.0132. The van der Waals surface area contributed by atoms with Crippen LogP contribution < -0.4 is 5.32 Å². The third-order valence-corrected chi connectivity index (χ3v) is 8.60. The van der Waals surface area contributed by atoms with Crippen molar-refractivity contribution in [3.05, 3.63) is 71.3 Å². The highest BCUT2D eigenvalue weighted by atomic mass is 16.4. The lowest BCUT2D eigenvalue weighted by atomic mass is 9.72. The molecule has 1 saturated heterocycles. The van der Waals surface area contributed by atoms with Crippen LogP contribution in [0.15, 0.2) is 54.6 Å². The number of benzene rings is 2. The van der Waals surface area contributed by atoms with Gasteiger partial charge in [-0.05, 0) is 40.4 Å². The molecule has 2 aliphatic rings. The molecule has 2 fully saturated rings. The lowest BCUT2D eigenvalue weighted by Gasteiger charge is -2.36. The molecule has 1 aliphatic heterocycles. The van der Waals surface area contributed by atoms with Crippen LogP contribution in [0.25, 0.3) is 0 Å². The Morgan fingerprint density at radius 1 is 0.921 bits per heavy atom. The van der Waals surface area contributed by atoms with Crippen LogP contribution in [0.1, 0.15) is 96.4 Å². The summed E-state index contributed by atoms with van der Waals surface area (Å²) in [5, 5.41) is 14.4. The molecular formula is C33H46N2O3. The maximum Gasteiger partial charge on any atom is 0.326 e. The van der Waals surface area contributed by atoms with E-state index in [0.29, 0.717) is 6.54 Å². The largest absolute Gasteiger partial charge is 0.480 e. The van der Waals surface area contributed by atoms with E-state index in [9.17, 15) is 14.7 Å². The van der Waals surface area contributed by atoms with Crippen molar-refractivity contribution in [3.8, 4) is 0 Å². The second kappa shape index (κ2) is 11.2. The van der Waals surface area contributed by atoms with Crippen LogP contribution in [0, 0.1) is 17.3 Å². The SMILES string of the molecule is CC(C)(C)c1cccc(CN[C@H]2[C@H](C(C)(C)C)[C@@H](C(=O)O)N(C(=O)C3CCCCC3)[C@H]2c2ccccc2)c1. The minimum Gasteiger partial charge on any atom is -0.480 e. The van der Waals surface area contributed by atoms with Gasteiger partial charge in [0.1, 0.15) is 6.04 Å². The average Bonchev–Trinajstić information content (AvgIpc) is 3.24. The molecule has 0 aromatic heterocycles. The van der Waals surface area contributed by atoms with Crippen molar-refractivity contribution < 1.29 is 14.7 Å². The van der Waals surface area contributed by atoms with E-state index in [1.165, 1.54) is 11.1 Å². The molecule has 1 saturated carbocycles. The summed E-state index contributed by atoms with van der Waals surface area (Å²) in [5.41, 5.74) is 3.15. The van der Waals surface area contributed by atoms with Gasteiger partial charge in [-0.1, -0.05) is 115 Å². The van der Waals surface area contributed by atoms with Gasteiger partial charge in [0.2, 0.25) is 5.91 Å². The van der Waals surface area contributed by atoms with E-state index in [2.05, 4.69) is 71.1 Å². The molecule has 2 aromatic carbocycles. The van der Waals surface area contributed by atoms with E-state index in [1.54, 1.807) is 4.90 Å². The average molecular weight is 519 g/mol. The van der Waals surface area contributed by atoms with Crippen LogP contribution >= 0.6 is 0 Å². The summed E-state index contributed by atoms with van der Waals surface area (Å²) in [6.07, 6.45) is 4.91. The highest BCUT2D eigenvalue weighted by Gasteiger charge is 2.58. The molecule has 4 atom stereocenters. The molecule has 0 unspecified atom stereocenters. The number of nitrogens with zero attached hydrogens (tertiary/aromatic N) is 1. The summed E-state index contributed by atoms with van der Waals surface area (Å²) in [5.74, 6) is -1.25. The Hall–Kier alpha value is -2.66. The first kappa shape index (κ1) is 28.4. The molecule has 1 amide bonds. The highest BCUT2D eigenvalue weighted by Crippen LogP contribution is 2.49. The van der Waals surface area contributed by atoms with Gasteiger partial charge >= 0.3 is 5.97 Å². The smallest absolute Gasteiger partial charge is 0.326 e. The van der Waals surface area contributed by atoms with Gasteiger partial charge in [0.15, 0.2) is 0 Å². The fourth-order valence-electron chi connectivity index (χ4n) is 6.67. The van der Waals surface area contributed by atoms with Crippen LogP contribution in [0.4, 0.5) is 0 Å².